The van der Waals surface area contributed by atoms with E-state index >= 15 is 0 Å². The molecule has 0 saturated heterocycles. The van der Waals surface area contributed by atoms with E-state index in [-0.39, 0.29) is 19.0 Å². The van der Waals surface area contributed by atoms with Gasteiger partial charge in [0.1, 0.15) is 6.79 Å². The summed E-state index contributed by atoms with van der Waals surface area (Å²) < 4.78 is 10.3. The Balaban J connectivity index is 2.31. The first-order valence-corrected chi connectivity index (χ1v) is 4.13. The fourth-order valence-corrected chi connectivity index (χ4v) is 1.62. The minimum atomic E-state index is -0.190. The average Bonchev–Trinajstić information content (AvgIpc) is 2.06. The van der Waals surface area contributed by atoms with Gasteiger partial charge in [-0.15, -0.1) is 0 Å². The molecule has 0 bridgehead atoms. The lowest BCUT2D eigenvalue weighted by Gasteiger charge is -2.29. The van der Waals surface area contributed by atoms with Gasteiger partial charge in [-0.3, -0.25) is 0 Å². The van der Waals surface area contributed by atoms with E-state index in [2.05, 4.69) is 0 Å². The second-order valence-electron chi connectivity index (χ2n) is 2.89. The average molecular weight is 160 g/mol. The first-order valence-electron chi connectivity index (χ1n) is 4.13. The molecule has 1 aliphatic rings. The Bertz CT molecular complexity index is 104. The Morgan fingerprint density at radius 1 is 1.27 bits per heavy atom. The van der Waals surface area contributed by atoms with Gasteiger partial charge in [0.05, 0.1) is 12.2 Å². The zero-order valence-corrected chi connectivity index (χ0v) is 6.95. The number of aliphatic hydroxyl groups excluding tert-OH is 1. The molecule has 66 valence electrons. The van der Waals surface area contributed by atoms with Crippen LogP contribution in [0, 0.1) is 0 Å². The molecule has 0 amide bonds. The van der Waals surface area contributed by atoms with Crippen molar-refractivity contribution in [1.29, 1.82) is 0 Å². The van der Waals surface area contributed by atoms with E-state index < -0.39 is 0 Å². The third-order valence-electron chi connectivity index (χ3n) is 2.23. The van der Waals surface area contributed by atoms with Gasteiger partial charge in [0.2, 0.25) is 0 Å². The summed E-state index contributed by atoms with van der Waals surface area (Å²) >= 11 is 0. The van der Waals surface area contributed by atoms with Gasteiger partial charge in [-0.25, -0.2) is 0 Å². The van der Waals surface area contributed by atoms with Crippen LogP contribution in [-0.2, 0) is 9.47 Å². The molecule has 0 aromatic rings. The summed E-state index contributed by atoms with van der Waals surface area (Å²) in [6.07, 6.45) is 4.77. The normalized spacial score (nSPS) is 32.2. The van der Waals surface area contributed by atoms with Crippen LogP contribution in [0.4, 0.5) is 0 Å². The van der Waals surface area contributed by atoms with Crippen LogP contribution in [0.5, 0.6) is 0 Å². The van der Waals surface area contributed by atoms with Gasteiger partial charge in [0.25, 0.3) is 0 Å². The number of rotatable bonds is 3. The molecule has 1 aliphatic carbocycles. The van der Waals surface area contributed by atoms with Crippen LogP contribution in [0.1, 0.15) is 25.7 Å². The predicted molar refractivity (Wildman–Crippen MR) is 41.2 cm³/mol. The Hall–Kier alpha value is -0.120. The summed E-state index contributed by atoms with van der Waals surface area (Å²) in [4.78, 5) is 0. The number of ether oxygens (including phenoxy) is 2. The van der Waals surface area contributed by atoms with E-state index in [0.29, 0.717) is 0 Å². The molecule has 0 radical (unpaired) electrons. The summed E-state index contributed by atoms with van der Waals surface area (Å²) in [7, 11) is 1.70. The van der Waals surface area contributed by atoms with Crippen LogP contribution in [0.2, 0.25) is 0 Å². The zero-order chi connectivity index (χ0) is 8.10. The summed E-state index contributed by atoms with van der Waals surface area (Å²) in [5, 5.41) is 8.55. The van der Waals surface area contributed by atoms with Crippen molar-refractivity contribution in [2.24, 2.45) is 0 Å². The lowest BCUT2D eigenvalue weighted by atomic mass is 9.95. The fourth-order valence-electron chi connectivity index (χ4n) is 1.62. The van der Waals surface area contributed by atoms with Crippen LogP contribution in [0.3, 0.4) is 0 Å². The first-order chi connectivity index (χ1) is 5.38. The number of hydrogen-bond donors (Lipinski definition) is 1. The van der Waals surface area contributed by atoms with Gasteiger partial charge in [-0.05, 0) is 12.8 Å². The molecule has 11 heavy (non-hydrogen) atoms. The van der Waals surface area contributed by atoms with Crippen molar-refractivity contribution in [3.05, 3.63) is 0 Å². The van der Waals surface area contributed by atoms with Crippen LogP contribution >= 0.6 is 0 Å². The van der Waals surface area contributed by atoms with Crippen molar-refractivity contribution >= 4 is 0 Å². The SMILES string of the molecule is COC1CCCCC1OCO. The molecule has 0 aromatic carbocycles. The molecular formula is C8H16O3. The summed E-state index contributed by atoms with van der Waals surface area (Å²) in [6, 6.07) is 0. The zero-order valence-electron chi connectivity index (χ0n) is 6.95. The number of aliphatic hydroxyl groups is 1. The fraction of sp³-hybridized carbons (Fsp3) is 1.00. The molecule has 0 heterocycles. The Morgan fingerprint density at radius 2 is 1.91 bits per heavy atom. The van der Waals surface area contributed by atoms with E-state index in [0.717, 1.165) is 12.8 Å². The Morgan fingerprint density at radius 3 is 2.45 bits per heavy atom. The van der Waals surface area contributed by atoms with Crippen LogP contribution in [-0.4, -0.2) is 31.2 Å². The monoisotopic (exact) mass is 160 g/mol. The minimum absolute atomic E-state index is 0.110. The highest BCUT2D eigenvalue weighted by Crippen LogP contribution is 2.22. The number of hydrogen-bond acceptors (Lipinski definition) is 3. The third kappa shape index (κ3) is 2.43. The lowest BCUT2D eigenvalue weighted by Crippen LogP contribution is -2.34. The molecule has 3 heteroatoms. The van der Waals surface area contributed by atoms with Gasteiger partial charge in [0, 0.05) is 7.11 Å². The predicted octanol–water partition coefficient (Wildman–Crippen LogP) is 0.910. The van der Waals surface area contributed by atoms with E-state index in [1.54, 1.807) is 7.11 Å². The first kappa shape index (κ1) is 8.97. The van der Waals surface area contributed by atoms with Crippen molar-refractivity contribution < 1.29 is 14.6 Å². The highest BCUT2D eigenvalue weighted by Gasteiger charge is 2.24. The minimum Gasteiger partial charge on any atom is -0.379 e. The Kier molecular flexibility index (Phi) is 3.83. The molecule has 3 nitrogen and oxygen atoms in total. The Labute approximate surface area is 67.3 Å². The third-order valence-corrected chi connectivity index (χ3v) is 2.23. The van der Waals surface area contributed by atoms with Crippen molar-refractivity contribution in [3.8, 4) is 0 Å². The van der Waals surface area contributed by atoms with Gasteiger partial charge in [0.15, 0.2) is 0 Å². The van der Waals surface area contributed by atoms with Crippen molar-refractivity contribution in [2.45, 2.75) is 37.9 Å². The maximum absolute atomic E-state index is 8.55. The molecule has 1 N–H and O–H groups in total. The van der Waals surface area contributed by atoms with Gasteiger partial charge < -0.3 is 14.6 Å². The van der Waals surface area contributed by atoms with Crippen LogP contribution in [0.25, 0.3) is 0 Å². The van der Waals surface area contributed by atoms with Crippen molar-refractivity contribution in [2.75, 3.05) is 13.9 Å². The second kappa shape index (κ2) is 4.70. The summed E-state index contributed by atoms with van der Waals surface area (Å²) in [5.41, 5.74) is 0. The molecular weight excluding hydrogens is 144 g/mol. The van der Waals surface area contributed by atoms with Crippen molar-refractivity contribution in [3.63, 3.8) is 0 Å². The molecule has 2 atom stereocenters. The quantitative estimate of drug-likeness (QED) is 0.624. The second-order valence-corrected chi connectivity index (χ2v) is 2.89. The van der Waals surface area contributed by atoms with E-state index in [4.69, 9.17) is 14.6 Å². The summed E-state index contributed by atoms with van der Waals surface area (Å²) in [6.45, 7) is -0.190. The largest absolute Gasteiger partial charge is 0.379 e. The molecule has 1 fully saturated rings. The van der Waals surface area contributed by atoms with Crippen LogP contribution < -0.4 is 0 Å². The van der Waals surface area contributed by atoms with E-state index in [1.807, 2.05) is 0 Å². The molecule has 0 spiro atoms. The number of methoxy groups -OCH3 is 1. The molecule has 2 unspecified atom stereocenters. The van der Waals surface area contributed by atoms with Crippen LogP contribution in [0.15, 0.2) is 0 Å². The highest BCUT2D eigenvalue weighted by molar-refractivity contribution is 4.75. The van der Waals surface area contributed by atoms with Gasteiger partial charge >= 0.3 is 0 Å². The van der Waals surface area contributed by atoms with Gasteiger partial charge in [-0.1, -0.05) is 12.8 Å². The molecule has 1 saturated carbocycles. The maximum atomic E-state index is 8.55. The standard InChI is InChI=1S/C8H16O3/c1-10-7-4-2-3-5-8(7)11-6-9/h7-9H,2-6H2,1H3. The highest BCUT2D eigenvalue weighted by atomic mass is 16.6. The van der Waals surface area contributed by atoms with E-state index in [1.165, 1.54) is 12.8 Å². The topological polar surface area (TPSA) is 38.7 Å². The van der Waals surface area contributed by atoms with Gasteiger partial charge in [-0.2, -0.15) is 0 Å². The molecule has 0 aromatic heterocycles. The van der Waals surface area contributed by atoms with Crippen molar-refractivity contribution in [1.82, 2.24) is 0 Å². The van der Waals surface area contributed by atoms with E-state index in [9.17, 15) is 0 Å². The maximum Gasteiger partial charge on any atom is 0.144 e. The molecule has 1 rings (SSSR count). The summed E-state index contributed by atoms with van der Waals surface area (Å²) in [5.74, 6) is 0. The lowest BCUT2D eigenvalue weighted by molar-refractivity contribution is -0.122. The molecule has 0 aliphatic heterocycles. The smallest absolute Gasteiger partial charge is 0.144 e.